The Morgan fingerprint density at radius 1 is 0.846 bits per heavy atom. The zero-order valence-electron chi connectivity index (χ0n) is 16.5. The van der Waals surface area contributed by atoms with Crippen molar-refractivity contribution in [2.45, 2.75) is 6.37 Å². The monoisotopic (exact) mass is 176 g/mol. The number of rotatable bonds is 0. The Morgan fingerprint density at radius 3 is 1.85 bits per heavy atom. The summed E-state index contributed by atoms with van der Waals surface area (Å²) in [4.78, 5) is 0. The van der Waals surface area contributed by atoms with Crippen molar-refractivity contribution in [3.63, 3.8) is 0 Å². The van der Waals surface area contributed by atoms with Gasteiger partial charge in [0.05, 0.1) is 11.0 Å². The van der Waals surface area contributed by atoms with Crippen molar-refractivity contribution in [3.8, 4) is 11.1 Å². The van der Waals surface area contributed by atoms with Crippen LogP contribution in [0.4, 0.5) is 0 Å². The van der Waals surface area contributed by atoms with Crippen molar-refractivity contribution < 1.29 is 13.7 Å². The van der Waals surface area contributed by atoms with Gasteiger partial charge in [-0.05, 0) is 28.6 Å². The Labute approximate surface area is 91.9 Å². The number of fused-ring (bicyclic) bond motifs is 3. The van der Waals surface area contributed by atoms with Crippen LogP contribution in [0.15, 0.2) is 48.3 Å². The van der Waals surface area contributed by atoms with Gasteiger partial charge >= 0.3 is 0 Å². The lowest BCUT2D eigenvalue weighted by atomic mass is 10.1. The SMILES string of the molecule is [2H]c1c([2H])c([2H])c2c(c1[2H])-c1c([2H])c([2H])c([2H])c([2H])c1C2([2H])[2H]. The van der Waals surface area contributed by atoms with Crippen molar-refractivity contribution in [2.75, 3.05) is 0 Å². The van der Waals surface area contributed by atoms with E-state index in [2.05, 4.69) is 0 Å². The van der Waals surface area contributed by atoms with E-state index in [4.69, 9.17) is 13.7 Å². The van der Waals surface area contributed by atoms with Gasteiger partial charge in [-0.1, -0.05) is 48.3 Å². The topological polar surface area (TPSA) is 0 Å². The van der Waals surface area contributed by atoms with E-state index in [0.29, 0.717) is 0 Å². The molecule has 1 aliphatic carbocycles. The lowest BCUT2D eigenvalue weighted by Crippen LogP contribution is -1.77. The average molecular weight is 176 g/mol. The van der Waals surface area contributed by atoms with Crippen molar-refractivity contribution >= 4 is 0 Å². The molecule has 2 aromatic carbocycles. The predicted molar refractivity (Wildman–Crippen MR) is 54.7 cm³/mol. The van der Waals surface area contributed by atoms with E-state index < -0.39 is 54.7 Å². The van der Waals surface area contributed by atoms with Crippen LogP contribution in [0.3, 0.4) is 0 Å². The third-order valence-electron chi connectivity index (χ3n) is 1.88. The van der Waals surface area contributed by atoms with E-state index >= 15 is 0 Å². The lowest BCUT2D eigenvalue weighted by molar-refractivity contribution is 1.26. The molecule has 0 unspecified atom stereocenters. The fraction of sp³-hybridized carbons (Fsp3) is 0.0769. The molecule has 0 spiro atoms. The highest BCUT2D eigenvalue weighted by Crippen LogP contribution is 2.35. The Hall–Kier alpha value is -1.56. The molecular formula is C13H10. The summed E-state index contributed by atoms with van der Waals surface area (Å²) in [7, 11) is 0. The quantitative estimate of drug-likeness (QED) is 0.578. The first-order valence-corrected chi connectivity index (χ1v) is 3.75. The first-order chi connectivity index (χ1) is 10.5. The second-order valence-electron chi connectivity index (χ2n) is 2.62. The van der Waals surface area contributed by atoms with Crippen molar-refractivity contribution in [3.05, 3.63) is 59.5 Å². The first kappa shape index (κ1) is 2.27. The molecule has 2 aromatic rings. The van der Waals surface area contributed by atoms with E-state index in [9.17, 15) is 0 Å². The summed E-state index contributed by atoms with van der Waals surface area (Å²) < 4.78 is 79.2. The third kappa shape index (κ3) is 0.919. The van der Waals surface area contributed by atoms with Crippen molar-refractivity contribution in [1.29, 1.82) is 0 Å². The smallest absolute Gasteiger partial charge is 0.0619 e. The number of hydrogen-bond acceptors (Lipinski definition) is 0. The molecule has 0 amide bonds. The average Bonchev–Trinajstić information content (AvgIpc) is 2.74. The molecule has 0 aliphatic heterocycles. The van der Waals surface area contributed by atoms with Gasteiger partial charge in [0.2, 0.25) is 0 Å². The van der Waals surface area contributed by atoms with Gasteiger partial charge < -0.3 is 0 Å². The molecular weight excluding hydrogens is 156 g/mol. The molecule has 3 rings (SSSR count). The van der Waals surface area contributed by atoms with Crippen LogP contribution in [-0.4, -0.2) is 0 Å². The van der Waals surface area contributed by atoms with Gasteiger partial charge in [-0.25, -0.2) is 0 Å². The van der Waals surface area contributed by atoms with Crippen LogP contribution in [-0.2, 0) is 6.37 Å². The highest BCUT2D eigenvalue weighted by atomic mass is 14.2. The molecule has 0 N–H and O–H groups in total. The van der Waals surface area contributed by atoms with E-state index in [1.165, 1.54) is 0 Å². The molecule has 0 heterocycles. The minimum atomic E-state index is -2.43. The van der Waals surface area contributed by atoms with Gasteiger partial charge in [0.25, 0.3) is 0 Å². The summed E-state index contributed by atoms with van der Waals surface area (Å²) in [5, 5.41) is 0. The van der Waals surface area contributed by atoms with E-state index in [1.807, 2.05) is 0 Å². The molecule has 0 nitrogen and oxygen atoms in total. The Kier molecular flexibility index (Phi) is 0.430. The standard InChI is InChI=1S/C13H10/c1-3-7-12-10(5-1)9-11-6-2-4-8-13(11)12/h1-8H,9H2/i1D,2D,3D,4D,5D,6D,7D,8D,9D2. The van der Waals surface area contributed by atoms with Gasteiger partial charge in [0.1, 0.15) is 0 Å². The molecule has 0 aromatic heterocycles. The highest BCUT2D eigenvalue weighted by molar-refractivity contribution is 5.76. The Morgan fingerprint density at radius 2 is 1.31 bits per heavy atom. The molecule has 62 valence electrons. The van der Waals surface area contributed by atoms with Gasteiger partial charge in [0, 0.05) is 2.74 Å². The molecule has 13 heavy (non-hydrogen) atoms. The number of hydrogen-bond donors (Lipinski definition) is 0. The predicted octanol–water partition coefficient (Wildman–Crippen LogP) is 3.26. The molecule has 0 atom stereocenters. The highest BCUT2D eigenvalue weighted by Gasteiger charge is 2.15. The normalized spacial score (nSPS) is 27.1. The van der Waals surface area contributed by atoms with E-state index in [1.54, 1.807) is 0 Å². The zero-order chi connectivity index (χ0) is 17.4. The second-order valence-corrected chi connectivity index (χ2v) is 2.62. The van der Waals surface area contributed by atoms with Gasteiger partial charge in [-0.3, -0.25) is 0 Å². The number of benzene rings is 2. The Balaban J connectivity index is 2.63. The van der Waals surface area contributed by atoms with Crippen LogP contribution in [0, 0.1) is 0 Å². The van der Waals surface area contributed by atoms with E-state index in [0.717, 1.165) is 0 Å². The minimum Gasteiger partial charge on any atom is -0.0619 e. The molecule has 1 aliphatic rings. The van der Waals surface area contributed by atoms with E-state index in [-0.39, 0.29) is 22.3 Å². The summed E-state index contributed by atoms with van der Waals surface area (Å²) in [6.07, 6.45) is -2.43. The maximum absolute atomic E-state index is 8.23. The molecule has 0 bridgehead atoms. The van der Waals surface area contributed by atoms with Crippen LogP contribution >= 0.6 is 0 Å². The summed E-state index contributed by atoms with van der Waals surface area (Å²) >= 11 is 0. The van der Waals surface area contributed by atoms with Crippen LogP contribution in [0.25, 0.3) is 11.1 Å². The fourth-order valence-corrected chi connectivity index (χ4v) is 1.31. The molecule has 0 heteroatoms. The second kappa shape index (κ2) is 2.46. The lowest BCUT2D eigenvalue weighted by Gasteiger charge is -1.98. The molecule has 0 fully saturated rings. The van der Waals surface area contributed by atoms with Gasteiger partial charge in [-0.2, -0.15) is 0 Å². The summed E-state index contributed by atoms with van der Waals surface area (Å²) in [5.41, 5.74) is -1.07. The van der Waals surface area contributed by atoms with Gasteiger partial charge in [-0.15, -0.1) is 0 Å². The summed E-state index contributed by atoms with van der Waals surface area (Å²) in [6, 6.07) is -4.48. The molecule has 0 saturated carbocycles. The maximum Gasteiger partial charge on any atom is 0.0629 e. The zero-order valence-corrected chi connectivity index (χ0v) is 6.50. The largest absolute Gasteiger partial charge is 0.0629 e. The summed E-state index contributed by atoms with van der Waals surface area (Å²) in [5.74, 6) is 0. The molecule has 0 radical (unpaired) electrons. The maximum atomic E-state index is 8.23. The van der Waals surface area contributed by atoms with Gasteiger partial charge in [0.15, 0.2) is 0 Å². The van der Waals surface area contributed by atoms with Crippen LogP contribution in [0.2, 0.25) is 0 Å². The molecule has 0 saturated heterocycles. The Bertz CT molecular complexity index is 812. The summed E-state index contributed by atoms with van der Waals surface area (Å²) in [6.45, 7) is 0. The van der Waals surface area contributed by atoms with Crippen LogP contribution in [0.1, 0.15) is 24.8 Å². The minimum absolute atomic E-state index is 0.192. The van der Waals surface area contributed by atoms with Crippen LogP contribution in [0.5, 0.6) is 0 Å². The fourth-order valence-electron chi connectivity index (χ4n) is 1.31. The third-order valence-corrected chi connectivity index (χ3v) is 1.88. The first-order valence-electron chi connectivity index (χ1n) is 8.75. The van der Waals surface area contributed by atoms with Crippen molar-refractivity contribution in [2.24, 2.45) is 0 Å². The van der Waals surface area contributed by atoms with Crippen LogP contribution < -0.4 is 0 Å². The van der Waals surface area contributed by atoms with Crippen molar-refractivity contribution in [1.82, 2.24) is 0 Å².